The Morgan fingerprint density at radius 3 is 2.61 bits per heavy atom. The number of benzene rings is 1. The van der Waals surface area contributed by atoms with Crippen LogP contribution >= 0.6 is 23.2 Å². The van der Waals surface area contributed by atoms with Crippen LogP contribution in [0.4, 0.5) is 11.6 Å². The first kappa shape index (κ1) is 15.9. The fourth-order valence-corrected chi connectivity index (χ4v) is 3.02. The van der Waals surface area contributed by atoms with Crippen molar-refractivity contribution in [1.29, 1.82) is 5.26 Å². The van der Waals surface area contributed by atoms with Gasteiger partial charge in [0.2, 0.25) is 0 Å². The molecule has 0 saturated carbocycles. The van der Waals surface area contributed by atoms with Crippen LogP contribution in [0.5, 0.6) is 0 Å². The lowest BCUT2D eigenvalue weighted by Gasteiger charge is -2.35. The second-order valence-electron chi connectivity index (χ2n) is 5.46. The second kappa shape index (κ2) is 6.67. The number of nitriles is 1. The number of anilines is 2. The first-order valence-electron chi connectivity index (χ1n) is 7.23. The highest BCUT2D eigenvalue weighted by molar-refractivity contribution is 6.42. The largest absolute Gasteiger partial charge is 0.383 e. The molecule has 2 aromatic rings. The van der Waals surface area contributed by atoms with Crippen LogP contribution in [-0.2, 0) is 6.54 Å². The van der Waals surface area contributed by atoms with E-state index >= 15 is 0 Å². The van der Waals surface area contributed by atoms with Gasteiger partial charge in [0.05, 0.1) is 10.0 Å². The van der Waals surface area contributed by atoms with Crippen molar-refractivity contribution < 1.29 is 0 Å². The van der Waals surface area contributed by atoms with E-state index in [1.807, 2.05) is 18.2 Å². The average Bonchev–Trinajstić information content (AvgIpc) is 2.92. The smallest absolute Gasteiger partial charge is 0.170 e. The average molecular weight is 351 g/mol. The highest BCUT2D eigenvalue weighted by atomic mass is 35.5. The first-order valence-corrected chi connectivity index (χ1v) is 7.99. The molecule has 8 heteroatoms. The summed E-state index contributed by atoms with van der Waals surface area (Å²) >= 11 is 12.0. The highest BCUT2D eigenvalue weighted by Gasteiger charge is 2.22. The van der Waals surface area contributed by atoms with E-state index in [0.29, 0.717) is 27.2 Å². The van der Waals surface area contributed by atoms with E-state index in [1.54, 1.807) is 0 Å². The number of aromatic amines is 1. The fraction of sp³-hybridized carbons (Fsp3) is 0.333. The van der Waals surface area contributed by atoms with Gasteiger partial charge < -0.3 is 10.6 Å². The Bertz CT molecular complexity index is 743. The zero-order chi connectivity index (χ0) is 16.4. The maximum absolute atomic E-state index is 9.16. The molecule has 1 saturated heterocycles. The number of aromatic nitrogens is 2. The number of piperazine rings is 1. The van der Waals surface area contributed by atoms with E-state index in [1.165, 1.54) is 0 Å². The number of nitrogen functional groups attached to an aromatic ring is 1. The van der Waals surface area contributed by atoms with Crippen molar-refractivity contribution in [2.45, 2.75) is 6.54 Å². The topological polar surface area (TPSA) is 85.0 Å². The Labute approximate surface area is 144 Å². The number of nitrogens with zero attached hydrogens (tertiary/aromatic N) is 4. The van der Waals surface area contributed by atoms with E-state index < -0.39 is 0 Å². The molecule has 3 rings (SSSR count). The van der Waals surface area contributed by atoms with Gasteiger partial charge in [-0.1, -0.05) is 29.3 Å². The van der Waals surface area contributed by atoms with E-state index in [0.717, 1.165) is 38.3 Å². The monoisotopic (exact) mass is 350 g/mol. The highest BCUT2D eigenvalue weighted by Crippen LogP contribution is 2.25. The van der Waals surface area contributed by atoms with Gasteiger partial charge in [-0.15, -0.1) is 0 Å². The van der Waals surface area contributed by atoms with E-state index in [4.69, 9.17) is 34.2 Å². The maximum atomic E-state index is 9.16. The third-order valence-electron chi connectivity index (χ3n) is 3.95. The molecule has 0 aliphatic carbocycles. The molecule has 0 bridgehead atoms. The van der Waals surface area contributed by atoms with Gasteiger partial charge >= 0.3 is 0 Å². The summed E-state index contributed by atoms with van der Waals surface area (Å²) in [7, 11) is 0. The molecule has 1 aromatic heterocycles. The lowest BCUT2D eigenvalue weighted by molar-refractivity contribution is 0.249. The van der Waals surface area contributed by atoms with Crippen molar-refractivity contribution in [3.05, 3.63) is 39.4 Å². The summed E-state index contributed by atoms with van der Waals surface area (Å²) in [6.07, 6.45) is 0. The third-order valence-corrected chi connectivity index (χ3v) is 4.69. The van der Waals surface area contributed by atoms with Crippen LogP contribution in [0.25, 0.3) is 0 Å². The minimum Gasteiger partial charge on any atom is -0.383 e. The van der Waals surface area contributed by atoms with E-state index in [-0.39, 0.29) is 0 Å². The molecule has 1 aliphatic rings. The number of rotatable bonds is 3. The Hall–Kier alpha value is -1.94. The lowest BCUT2D eigenvalue weighted by Crippen LogP contribution is -2.46. The van der Waals surface area contributed by atoms with Crippen molar-refractivity contribution in [2.75, 3.05) is 36.8 Å². The minimum absolute atomic E-state index is 0.320. The van der Waals surface area contributed by atoms with Crippen LogP contribution in [0.2, 0.25) is 10.0 Å². The third kappa shape index (κ3) is 3.37. The Balaban J connectivity index is 1.62. The summed E-state index contributed by atoms with van der Waals surface area (Å²) in [6.45, 7) is 4.15. The van der Waals surface area contributed by atoms with Gasteiger partial charge in [0, 0.05) is 32.7 Å². The molecular weight excluding hydrogens is 335 g/mol. The van der Waals surface area contributed by atoms with E-state index in [2.05, 4.69) is 26.1 Å². The first-order chi connectivity index (χ1) is 11.1. The standard InChI is InChI=1S/C15H16Cl2N6/c16-12-2-1-10(7-13(12)17)9-22-3-5-23(6-4-22)15-11(8-18)14(19)20-21-15/h1-2,7H,3-6,9H2,(H3,19,20,21). The van der Waals surface area contributed by atoms with Gasteiger partial charge in [-0.3, -0.25) is 10.00 Å². The van der Waals surface area contributed by atoms with Crippen molar-refractivity contribution in [2.24, 2.45) is 0 Å². The van der Waals surface area contributed by atoms with Crippen molar-refractivity contribution in [1.82, 2.24) is 15.1 Å². The molecular formula is C15H16Cl2N6. The zero-order valence-electron chi connectivity index (χ0n) is 12.4. The molecule has 6 nitrogen and oxygen atoms in total. The second-order valence-corrected chi connectivity index (χ2v) is 6.27. The van der Waals surface area contributed by atoms with Gasteiger partial charge in [0.25, 0.3) is 0 Å². The quantitative estimate of drug-likeness (QED) is 0.888. The number of hydrogen-bond acceptors (Lipinski definition) is 5. The van der Waals surface area contributed by atoms with Crippen LogP contribution in [0.3, 0.4) is 0 Å². The normalized spacial score (nSPS) is 15.6. The summed E-state index contributed by atoms with van der Waals surface area (Å²) < 4.78 is 0. The van der Waals surface area contributed by atoms with Crippen LogP contribution < -0.4 is 10.6 Å². The van der Waals surface area contributed by atoms with Crippen LogP contribution in [0.1, 0.15) is 11.1 Å². The van der Waals surface area contributed by atoms with Crippen LogP contribution in [0, 0.1) is 11.3 Å². The van der Waals surface area contributed by atoms with Crippen molar-refractivity contribution in [3.8, 4) is 6.07 Å². The predicted molar refractivity (Wildman–Crippen MR) is 91.7 cm³/mol. The minimum atomic E-state index is 0.320. The summed E-state index contributed by atoms with van der Waals surface area (Å²) in [5.41, 5.74) is 7.27. The predicted octanol–water partition coefficient (Wildman–Crippen LogP) is 2.49. The van der Waals surface area contributed by atoms with Gasteiger partial charge in [0.15, 0.2) is 5.82 Å². The number of nitrogens with two attached hydrogens (primary N) is 1. The van der Waals surface area contributed by atoms with Gasteiger partial charge in [-0.2, -0.15) is 10.4 Å². The zero-order valence-corrected chi connectivity index (χ0v) is 13.9. The number of halogens is 2. The molecule has 0 atom stereocenters. The summed E-state index contributed by atoms with van der Waals surface area (Å²) in [6, 6.07) is 7.81. The Morgan fingerprint density at radius 1 is 1.22 bits per heavy atom. The number of hydrogen-bond donors (Lipinski definition) is 2. The molecule has 0 unspecified atom stereocenters. The fourth-order valence-electron chi connectivity index (χ4n) is 2.70. The molecule has 1 aliphatic heterocycles. The number of H-pyrrole nitrogens is 1. The summed E-state index contributed by atoms with van der Waals surface area (Å²) in [5.74, 6) is 0.958. The molecule has 1 aromatic carbocycles. The van der Waals surface area contributed by atoms with Gasteiger partial charge in [-0.25, -0.2) is 0 Å². The molecule has 2 heterocycles. The summed E-state index contributed by atoms with van der Waals surface area (Å²) in [5, 5.41) is 17.1. The number of nitrogens with one attached hydrogen (secondary N) is 1. The molecule has 1 fully saturated rings. The van der Waals surface area contributed by atoms with Crippen molar-refractivity contribution >= 4 is 34.8 Å². The van der Waals surface area contributed by atoms with Crippen molar-refractivity contribution in [3.63, 3.8) is 0 Å². The van der Waals surface area contributed by atoms with Crippen LogP contribution in [-0.4, -0.2) is 41.3 Å². The molecule has 120 valence electrons. The molecule has 0 radical (unpaired) electrons. The van der Waals surface area contributed by atoms with Crippen LogP contribution in [0.15, 0.2) is 18.2 Å². The van der Waals surface area contributed by atoms with Gasteiger partial charge in [-0.05, 0) is 17.7 Å². The molecule has 0 amide bonds. The lowest BCUT2D eigenvalue weighted by atomic mass is 10.2. The summed E-state index contributed by atoms with van der Waals surface area (Å²) in [4.78, 5) is 4.41. The van der Waals surface area contributed by atoms with E-state index in [9.17, 15) is 0 Å². The Morgan fingerprint density at radius 2 is 1.96 bits per heavy atom. The SMILES string of the molecule is N#Cc1c(N2CCN(Cc3ccc(Cl)c(Cl)c3)CC2)n[nH]c1N. The molecule has 3 N–H and O–H groups in total. The molecule has 23 heavy (non-hydrogen) atoms. The maximum Gasteiger partial charge on any atom is 0.170 e. The Kier molecular flexibility index (Phi) is 4.62. The molecule has 0 spiro atoms. The van der Waals surface area contributed by atoms with Gasteiger partial charge in [0.1, 0.15) is 17.5 Å².